The molecule has 2 rings (SSSR count). The molecule has 0 unspecified atom stereocenters. The van der Waals surface area contributed by atoms with Gasteiger partial charge in [0.1, 0.15) is 22.9 Å². The first kappa shape index (κ1) is 23.0. The lowest BCUT2D eigenvalue weighted by atomic mass is 10.0. The third-order valence-electron chi connectivity index (χ3n) is 4.78. The molecule has 0 aliphatic carbocycles. The molecule has 1 heterocycles. The first-order valence-corrected chi connectivity index (χ1v) is 10.9. The maximum Gasteiger partial charge on any atom is 0.341 e. The van der Waals surface area contributed by atoms with Crippen LogP contribution >= 0.6 is 11.3 Å². The Morgan fingerprint density at radius 2 is 2.00 bits per heavy atom. The van der Waals surface area contributed by atoms with Gasteiger partial charge in [0.25, 0.3) is 0 Å². The molecule has 0 fully saturated rings. The van der Waals surface area contributed by atoms with Gasteiger partial charge in [-0.2, -0.15) is 0 Å². The predicted octanol–water partition coefficient (Wildman–Crippen LogP) is 5.43. The fourth-order valence-electron chi connectivity index (χ4n) is 3.22. The highest BCUT2D eigenvalue weighted by Gasteiger charge is 2.23. The zero-order valence-corrected chi connectivity index (χ0v) is 18.9. The smallest absolute Gasteiger partial charge is 0.341 e. The summed E-state index contributed by atoms with van der Waals surface area (Å²) in [6.07, 6.45) is 3.93. The van der Waals surface area contributed by atoms with Crippen molar-refractivity contribution < 1.29 is 14.3 Å². The van der Waals surface area contributed by atoms with Gasteiger partial charge in [0, 0.05) is 24.5 Å². The van der Waals surface area contributed by atoms with E-state index in [1.54, 1.807) is 0 Å². The Balaban J connectivity index is 2.56. The standard InChI is InChI=1S/C23H32N2O3S/c1-7-11-16(5)17-12-13-18-19(23(26)27-10-4)22(24-6)29-21(18)20(17)28-15-14-25(8-2)9-3/h7,11-13,24H,5,8-10,14-15H2,1-4,6H3/b11-7+. The first-order valence-electron chi connectivity index (χ1n) is 10.1. The van der Waals surface area contributed by atoms with Gasteiger partial charge in [0.05, 0.1) is 11.3 Å². The van der Waals surface area contributed by atoms with E-state index in [-0.39, 0.29) is 5.97 Å². The molecule has 0 saturated carbocycles. The fraction of sp³-hybridized carbons (Fsp3) is 0.435. The van der Waals surface area contributed by atoms with Gasteiger partial charge in [-0.1, -0.05) is 38.6 Å². The van der Waals surface area contributed by atoms with Crippen LogP contribution in [0.3, 0.4) is 0 Å². The van der Waals surface area contributed by atoms with Crippen LogP contribution in [0.25, 0.3) is 15.7 Å². The number of rotatable bonds is 11. The Kier molecular flexibility index (Phi) is 8.73. The van der Waals surface area contributed by atoms with Crippen molar-refractivity contribution >= 4 is 38.0 Å². The number of anilines is 1. The summed E-state index contributed by atoms with van der Waals surface area (Å²) in [5.74, 6) is 0.451. The molecule has 5 nitrogen and oxygen atoms in total. The van der Waals surface area contributed by atoms with Crippen LogP contribution in [0.2, 0.25) is 0 Å². The lowest BCUT2D eigenvalue weighted by molar-refractivity contribution is 0.0530. The van der Waals surface area contributed by atoms with Gasteiger partial charge < -0.3 is 19.7 Å². The van der Waals surface area contributed by atoms with Gasteiger partial charge in [-0.05, 0) is 38.6 Å². The summed E-state index contributed by atoms with van der Waals surface area (Å²) in [7, 11) is 1.81. The Bertz CT molecular complexity index is 882. The van der Waals surface area contributed by atoms with Crippen LogP contribution < -0.4 is 10.1 Å². The monoisotopic (exact) mass is 416 g/mol. The number of ether oxygens (including phenoxy) is 2. The molecule has 0 aliphatic rings. The van der Waals surface area contributed by atoms with Gasteiger partial charge in [-0.25, -0.2) is 4.79 Å². The molecular formula is C23H32N2O3S. The summed E-state index contributed by atoms with van der Waals surface area (Å²) in [5.41, 5.74) is 2.38. The Morgan fingerprint density at radius 3 is 2.59 bits per heavy atom. The number of hydrogen-bond donors (Lipinski definition) is 1. The molecule has 2 aromatic rings. The molecule has 158 valence electrons. The number of nitrogens with one attached hydrogen (secondary N) is 1. The molecule has 0 aliphatic heterocycles. The number of carbonyl (C=O) groups is 1. The average molecular weight is 417 g/mol. The van der Waals surface area contributed by atoms with Crippen molar-refractivity contribution in [2.45, 2.75) is 27.7 Å². The Morgan fingerprint density at radius 1 is 1.28 bits per heavy atom. The number of thiophene rings is 1. The lowest BCUT2D eigenvalue weighted by Crippen LogP contribution is -2.28. The van der Waals surface area contributed by atoms with E-state index in [4.69, 9.17) is 9.47 Å². The van der Waals surface area contributed by atoms with Crippen LogP contribution in [-0.4, -0.2) is 50.8 Å². The molecule has 0 radical (unpaired) electrons. The van der Waals surface area contributed by atoms with Crippen molar-refractivity contribution in [3.63, 3.8) is 0 Å². The van der Waals surface area contributed by atoms with E-state index in [2.05, 4.69) is 30.6 Å². The molecular weight excluding hydrogens is 384 g/mol. The summed E-state index contributed by atoms with van der Waals surface area (Å²) in [6.45, 7) is 16.0. The van der Waals surface area contributed by atoms with Crippen molar-refractivity contribution in [3.8, 4) is 5.75 Å². The number of carbonyl (C=O) groups excluding carboxylic acids is 1. The lowest BCUT2D eigenvalue weighted by Gasteiger charge is -2.19. The molecule has 0 bridgehead atoms. The van der Waals surface area contributed by atoms with Gasteiger partial charge >= 0.3 is 5.97 Å². The summed E-state index contributed by atoms with van der Waals surface area (Å²) < 4.78 is 12.5. The number of hydrogen-bond acceptors (Lipinski definition) is 6. The van der Waals surface area contributed by atoms with Gasteiger partial charge in [0.2, 0.25) is 0 Å². The van der Waals surface area contributed by atoms with Crippen LogP contribution in [0, 0.1) is 0 Å². The zero-order valence-electron chi connectivity index (χ0n) is 18.1. The highest BCUT2D eigenvalue weighted by atomic mass is 32.1. The first-order chi connectivity index (χ1) is 14.0. The minimum Gasteiger partial charge on any atom is -0.490 e. The van der Waals surface area contributed by atoms with E-state index in [9.17, 15) is 4.79 Å². The number of fused-ring (bicyclic) bond motifs is 1. The van der Waals surface area contributed by atoms with Crippen LogP contribution in [-0.2, 0) is 4.74 Å². The second-order valence-corrected chi connectivity index (χ2v) is 7.52. The summed E-state index contributed by atoms with van der Waals surface area (Å²) in [6, 6.07) is 3.94. The molecule has 0 atom stereocenters. The average Bonchev–Trinajstić information content (AvgIpc) is 3.10. The molecule has 1 N–H and O–H groups in total. The van der Waals surface area contributed by atoms with Crippen LogP contribution in [0.15, 0.2) is 30.9 Å². The van der Waals surface area contributed by atoms with Crippen molar-refractivity contribution in [2.75, 3.05) is 45.2 Å². The van der Waals surface area contributed by atoms with Gasteiger partial charge in [-0.3, -0.25) is 0 Å². The van der Waals surface area contributed by atoms with Gasteiger partial charge in [0.15, 0.2) is 0 Å². The second-order valence-electron chi connectivity index (χ2n) is 6.50. The topological polar surface area (TPSA) is 50.8 Å². The molecule has 0 spiro atoms. The number of esters is 1. The number of allylic oxidation sites excluding steroid dienone is 3. The second kappa shape index (κ2) is 11.0. The van der Waals surface area contributed by atoms with E-state index < -0.39 is 0 Å². The zero-order chi connectivity index (χ0) is 21.4. The third-order valence-corrected chi connectivity index (χ3v) is 6.00. The Labute approximate surface area is 178 Å². The summed E-state index contributed by atoms with van der Waals surface area (Å²) >= 11 is 1.51. The molecule has 0 saturated heterocycles. The van der Waals surface area contributed by atoms with Crippen molar-refractivity contribution in [3.05, 3.63) is 42.0 Å². The normalized spacial score (nSPS) is 11.4. The molecule has 6 heteroatoms. The highest BCUT2D eigenvalue weighted by molar-refractivity contribution is 7.23. The minimum atomic E-state index is -0.322. The van der Waals surface area contributed by atoms with Crippen LogP contribution in [0.4, 0.5) is 5.00 Å². The van der Waals surface area contributed by atoms with E-state index in [0.29, 0.717) is 18.8 Å². The maximum absolute atomic E-state index is 12.6. The van der Waals surface area contributed by atoms with E-state index in [1.165, 1.54) is 11.3 Å². The largest absolute Gasteiger partial charge is 0.490 e. The predicted molar refractivity (Wildman–Crippen MR) is 124 cm³/mol. The molecule has 1 aromatic carbocycles. The van der Waals surface area contributed by atoms with Crippen molar-refractivity contribution in [2.24, 2.45) is 0 Å². The number of benzene rings is 1. The van der Waals surface area contributed by atoms with Crippen LogP contribution in [0.5, 0.6) is 5.75 Å². The third kappa shape index (κ3) is 5.19. The van der Waals surface area contributed by atoms with Crippen molar-refractivity contribution in [1.82, 2.24) is 4.90 Å². The molecule has 1 aromatic heterocycles. The fourth-order valence-corrected chi connectivity index (χ4v) is 4.37. The number of likely N-dealkylation sites (N-methyl/N-ethyl adjacent to an activating group) is 1. The van der Waals surface area contributed by atoms with E-state index in [0.717, 1.165) is 51.6 Å². The van der Waals surface area contributed by atoms with E-state index >= 15 is 0 Å². The number of nitrogens with zero attached hydrogens (tertiary/aromatic N) is 1. The minimum absolute atomic E-state index is 0.322. The Hall–Kier alpha value is -2.31. The SMILES string of the molecule is C=C(/C=C/C)c1ccc2c(C(=O)OCC)c(NC)sc2c1OCCN(CC)CC. The quantitative estimate of drug-likeness (QED) is 0.391. The van der Waals surface area contributed by atoms with E-state index in [1.807, 2.05) is 45.2 Å². The maximum atomic E-state index is 12.6. The summed E-state index contributed by atoms with van der Waals surface area (Å²) in [4.78, 5) is 14.9. The molecule has 0 amide bonds. The summed E-state index contributed by atoms with van der Waals surface area (Å²) in [5, 5.41) is 4.75. The molecule has 29 heavy (non-hydrogen) atoms. The van der Waals surface area contributed by atoms with Crippen LogP contribution in [0.1, 0.15) is 43.6 Å². The van der Waals surface area contributed by atoms with Gasteiger partial charge in [-0.15, -0.1) is 11.3 Å². The highest BCUT2D eigenvalue weighted by Crippen LogP contribution is 2.44. The van der Waals surface area contributed by atoms with Crippen molar-refractivity contribution in [1.29, 1.82) is 0 Å².